The molecular formula is C8H7IN2O3. The molecule has 0 aromatic heterocycles. The minimum absolute atomic E-state index is 0.000556. The Hall–Kier alpha value is -1.18. The summed E-state index contributed by atoms with van der Waals surface area (Å²) in [6.07, 6.45) is 0. The van der Waals surface area contributed by atoms with Crippen molar-refractivity contribution in [3.05, 3.63) is 36.9 Å². The zero-order valence-corrected chi connectivity index (χ0v) is 9.44. The van der Waals surface area contributed by atoms with E-state index in [1.54, 1.807) is 6.92 Å². The summed E-state index contributed by atoms with van der Waals surface area (Å²) in [4.78, 5) is 21.0. The van der Waals surface area contributed by atoms with Crippen LogP contribution in [0.25, 0.3) is 0 Å². The number of hydrogen-bond acceptors (Lipinski definition) is 3. The summed E-state index contributed by atoms with van der Waals surface area (Å²) in [6.45, 7) is 1.57. The zero-order chi connectivity index (χ0) is 10.9. The maximum atomic E-state index is 10.9. The first-order valence-corrected chi connectivity index (χ1v) is 4.75. The molecule has 0 heterocycles. The molecule has 1 amide bonds. The Labute approximate surface area is 93.6 Å². The lowest BCUT2D eigenvalue weighted by atomic mass is 10.1. The summed E-state index contributed by atoms with van der Waals surface area (Å²) in [5, 5.41) is 10.5. The lowest BCUT2D eigenvalue weighted by Crippen LogP contribution is -2.13. The van der Waals surface area contributed by atoms with Crippen LogP contribution in [0.5, 0.6) is 0 Å². The van der Waals surface area contributed by atoms with E-state index in [0.717, 1.165) is 0 Å². The number of rotatable bonds is 2. The van der Waals surface area contributed by atoms with Crippen LogP contribution in [0.2, 0.25) is 0 Å². The minimum atomic E-state index is -0.576. The highest BCUT2D eigenvalue weighted by atomic mass is 127. The number of benzene rings is 1. The number of amides is 1. The van der Waals surface area contributed by atoms with Crippen LogP contribution in [0, 0.1) is 20.6 Å². The van der Waals surface area contributed by atoms with Gasteiger partial charge in [0.05, 0.1) is 10.5 Å². The van der Waals surface area contributed by atoms with Gasteiger partial charge in [-0.1, -0.05) is 0 Å². The number of carbonyl (C=O) groups is 1. The molecule has 0 aliphatic rings. The number of primary amides is 1. The Morgan fingerprint density at radius 3 is 2.57 bits per heavy atom. The van der Waals surface area contributed by atoms with E-state index < -0.39 is 10.8 Å². The molecule has 0 radical (unpaired) electrons. The predicted molar refractivity (Wildman–Crippen MR) is 59.1 cm³/mol. The summed E-state index contributed by atoms with van der Waals surface area (Å²) < 4.78 is 0.493. The van der Waals surface area contributed by atoms with Gasteiger partial charge >= 0.3 is 0 Å². The van der Waals surface area contributed by atoms with Gasteiger partial charge < -0.3 is 5.73 Å². The molecule has 0 spiro atoms. The van der Waals surface area contributed by atoms with Gasteiger partial charge in [-0.05, 0) is 35.6 Å². The van der Waals surface area contributed by atoms with Crippen molar-refractivity contribution in [1.29, 1.82) is 0 Å². The smallest absolute Gasteiger partial charge is 0.273 e. The molecule has 14 heavy (non-hydrogen) atoms. The number of aryl methyl sites for hydroxylation is 1. The highest BCUT2D eigenvalue weighted by molar-refractivity contribution is 14.1. The second-order valence-electron chi connectivity index (χ2n) is 2.74. The van der Waals surface area contributed by atoms with E-state index in [2.05, 4.69) is 0 Å². The van der Waals surface area contributed by atoms with Crippen LogP contribution < -0.4 is 5.73 Å². The van der Waals surface area contributed by atoms with Crippen LogP contribution in [0.15, 0.2) is 12.1 Å². The Kier molecular flexibility index (Phi) is 3.04. The van der Waals surface area contributed by atoms with Crippen LogP contribution in [-0.4, -0.2) is 10.8 Å². The van der Waals surface area contributed by atoms with Gasteiger partial charge in [0.1, 0.15) is 0 Å². The Morgan fingerprint density at radius 2 is 2.14 bits per heavy atom. The van der Waals surface area contributed by atoms with Gasteiger partial charge in [-0.2, -0.15) is 0 Å². The van der Waals surface area contributed by atoms with Crippen LogP contribution in [0.1, 0.15) is 15.9 Å². The van der Waals surface area contributed by atoms with Crippen LogP contribution >= 0.6 is 22.6 Å². The molecule has 0 saturated heterocycles. The summed E-state index contributed by atoms with van der Waals surface area (Å²) in [6, 6.07) is 2.78. The predicted octanol–water partition coefficient (Wildman–Crippen LogP) is 1.61. The maximum absolute atomic E-state index is 10.9. The lowest BCUT2D eigenvalue weighted by molar-refractivity contribution is -0.385. The van der Waals surface area contributed by atoms with Gasteiger partial charge in [0.2, 0.25) is 5.91 Å². The zero-order valence-electron chi connectivity index (χ0n) is 7.28. The fraction of sp³-hybridized carbons (Fsp3) is 0.125. The van der Waals surface area contributed by atoms with Gasteiger partial charge in [-0.15, -0.1) is 0 Å². The van der Waals surface area contributed by atoms with Crippen LogP contribution in [-0.2, 0) is 0 Å². The fourth-order valence-corrected chi connectivity index (χ4v) is 1.77. The van der Waals surface area contributed by atoms with E-state index in [0.29, 0.717) is 14.7 Å². The monoisotopic (exact) mass is 306 g/mol. The van der Waals surface area contributed by atoms with Crippen molar-refractivity contribution in [2.75, 3.05) is 0 Å². The minimum Gasteiger partial charge on any atom is -0.366 e. The van der Waals surface area contributed by atoms with Gasteiger partial charge in [0, 0.05) is 15.2 Å². The summed E-state index contributed by atoms with van der Waals surface area (Å²) in [7, 11) is 0. The van der Waals surface area contributed by atoms with E-state index in [1.807, 2.05) is 22.6 Å². The molecule has 0 atom stereocenters. The second-order valence-corrected chi connectivity index (χ2v) is 3.90. The fourth-order valence-electron chi connectivity index (χ4n) is 1.06. The van der Waals surface area contributed by atoms with Crippen molar-refractivity contribution in [2.24, 2.45) is 5.73 Å². The number of nitrogens with two attached hydrogens (primary N) is 1. The first-order chi connectivity index (χ1) is 6.43. The average Bonchev–Trinajstić information content (AvgIpc) is 2.07. The van der Waals surface area contributed by atoms with E-state index >= 15 is 0 Å². The van der Waals surface area contributed by atoms with Crippen molar-refractivity contribution in [1.82, 2.24) is 0 Å². The summed E-state index contributed by atoms with van der Waals surface area (Å²) in [5.74, 6) is -0.576. The van der Waals surface area contributed by atoms with Crippen LogP contribution in [0.4, 0.5) is 5.69 Å². The largest absolute Gasteiger partial charge is 0.366 e. The Bertz CT molecular complexity index is 378. The molecule has 0 aliphatic carbocycles. The van der Waals surface area contributed by atoms with E-state index in [1.165, 1.54) is 12.1 Å². The molecule has 0 unspecified atom stereocenters. The van der Waals surface area contributed by atoms with Crippen molar-refractivity contribution >= 4 is 34.2 Å². The number of nitrogens with zero attached hydrogens (tertiary/aromatic N) is 1. The van der Waals surface area contributed by atoms with Crippen molar-refractivity contribution < 1.29 is 9.72 Å². The van der Waals surface area contributed by atoms with Gasteiger partial charge in [-0.3, -0.25) is 14.9 Å². The van der Waals surface area contributed by atoms with E-state index in [4.69, 9.17) is 5.73 Å². The van der Waals surface area contributed by atoms with Crippen LogP contribution in [0.3, 0.4) is 0 Å². The first-order valence-electron chi connectivity index (χ1n) is 3.68. The van der Waals surface area contributed by atoms with Crippen molar-refractivity contribution in [3.63, 3.8) is 0 Å². The SMILES string of the molecule is Cc1cc(C(N)=O)c(I)cc1[N+](=O)[O-]. The molecule has 0 fully saturated rings. The number of hydrogen-bond donors (Lipinski definition) is 1. The van der Waals surface area contributed by atoms with Gasteiger partial charge in [0.25, 0.3) is 5.69 Å². The topological polar surface area (TPSA) is 86.2 Å². The standard InChI is InChI=1S/C8H7IN2O3/c1-4-2-5(8(10)12)6(9)3-7(4)11(13)14/h2-3H,1H3,(H2,10,12). The lowest BCUT2D eigenvalue weighted by Gasteiger charge is -2.02. The molecule has 1 aromatic carbocycles. The normalized spacial score (nSPS) is 9.86. The molecule has 1 aromatic rings. The molecular weight excluding hydrogens is 299 g/mol. The Balaban J connectivity index is 3.38. The third kappa shape index (κ3) is 2.00. The quantitative estimate of drug-likeness (QED) is 0.511. The molecule has 5 nitrogen and oxygen atoms in total. The molecule has 0 saturated carbocycles. The van der Waals surface area contributed by atoms with Crippen molar-refractivity contribution in [2.45, 2.75) is 6.92 Å². The molecule has 74 valence electrons. The number of nitro groups is 1. The molecule has 1 rings (SSSR count). The third-order valence-corrected chi connectivity index (χ3v) is 2.64. The summed E-state index contributed by atoms with van der Waals surface area (Å²) >= 11 is 1.85. The first kappa shape index (κ1) is 10.9. The Morgan fingerprint density at radius 1 is 1.57 bits per heavy atom. The molecule has 6 heteroatoms. The second kappa shape index (κ2) is 3.91. The number of carbonyl (C=O) groups excluding carboxylic acids is 1. The average molecular weight is 306 g/mol. The maximum Gasteiger partial charge on any atom is 0.273 e. The molecule has 0 aliphatic heterocycles. The van der Waals surface area contributed by atoms with Gasteiger partial charge in [-0.25, -0.2) is 0 Å². The van der Waals surface area contributed by atoms with Gasteiger partial charge in [0.15, 0.2) is 0 Å². The number of halogens is 1. The molecule has 0 bridgehead atoms. The third-order valence-electron chi connectivity index (χ3n) is 1.75. The van der Waals surface area contributed by atoms with E-state index in [-0.39, 0.29) is 5.69 Å². The highest BCUT2D eigenvalue weighted by Gasteiger charge is 2.16. The summed E-state index contributed by atoms with van der Waals surface area (Å²) in [5.41, 5.74) is 5.84. The van der Waals surface area contributed by atoms with E-state index in [9.17, 15) is 14.9 Å². The van der Waals surface area contributed by atoms with Crippen molar-refractivity contribution in [3.8, 4) is 0 Å². The number of nitro benzene ring substituents is 1. The highest BCUT2D eigenvalue weighted by Crippen LogP contribution is 2.23. The molecule has 2 N–H and O–H groups in total.